The van der Waals surface area contributed by atoms with Crippen LogP contribution in [0.1, 0.15) is 51.9 Å². The Morgan fingerprint density at radius 3 is 2.89 bits per heavy atom. The number of carbonyl (C=O) groups excluding carboxylic acids is 3. The smallest absolute Gasteiger partial charge is 0.318 e. The molecule has 27 heavy (non-hydrogen) atoms. The van der Waals surface area contributed by atoms with E-state index in [1.807, 2.05) is 0 Å². The molecule has 0 radical (unpaired) electrons. The minimum atomic E-state index is -0.749. The van der Waals surface area contributed by atoms with Crippen LogP contribution < -0.4 is 5.32 Å². The molecular formula is C20H30N2O5. The third kappa shape index (κ3) is 3.74. The molecule has 2 heterocycles. The van der Waals surface area contributed by atoms with Gasteiger partial charge in [-0.25, -0.2) is 0 Å². The minimum absolute atomic E-state index is 0.0175. The number of piperidine rings is 1. The lowest BCUT2D eigenvalue weighted by molar-refractivity contribution is -0.161. The molecule has 0 aromatic rings. The van der Waals surface area contributed by atoms with Gasteiger partial charge in [-0.15, -0.1) is 0 Å². The largest absolute Gasteiger partial charge is 0.465 e. The first-order chi connectivity index (χ1) is 13.0. The standard InChI is InChI=1S/C20H30N2O5/c1-3-27-19(25)20-8-7-14-6-4-10-22(17(14)20)18(24)15(13-20)12-16(23)21-9-5-11-26-2/h15H,3-13H2,1-2H3,(H,21,23)/t15-,20-/m1/s1. The zero-order chi connectivity index (χ0) is 19.4. The second-order valence-electron chi connectivity index (χ2n) is 7.65. The number of hydrogen-bond acceptors (Lipinski definition) is 5. The second-order valence-corrected chi connectivity index (χ2v) is 7.65. The van der Waals surface area contributed by atoms with Crippen LogP contribution in [-0.2, 0) is 23.9 Å². The summed E-state index contributed by atoms with van der Waals surface area (Å²) in [4.78, 5) is 40.1. The van der Waals surface area contributed by atoms with E-state index in [1.165, 1.54) is 5.57 Å². The van der Waals surface area contributed by atoms with Crippen molar-refractivity contribution in [2.24, 2.45) is 11.3 Å². The summed E-state index contributed by atoms with van der Waals surface area (Å²) in [5.74, 6) is -0.875. The molecular weight excluding hydrogens is 348 g/mol. The highest BCUT2D eigenvalue weighted by atomic mass is 16.5. The predicted octanol–water partition coefficient (Wildman–Crippen LogP) is 1.77. The van der Waals surface area contributed by atoms with Crippen molar-refractivity contribution in [1.29, 1.82) is 0 Å². The van der Waals surface area contributed by atoms with Gasteiger partial charge < -0.3 is 19.7 Å². The van der Waals surface area contributed by atoms with Crippen molar-refractivity contribution >= 4 is 17.8 Å². The van der Waals surface area contributed by atoms with Crippen LogP contribution in [0.2, 0.25) is 0 Å². The molecule has 2 aliphatic heterocycles. The maximum atomic E-state index is 13.1. The number of esters is 1. The van der Waals surface area contributed by atoms with Gasteiger partial charge in [0.25, 0.3) is 0 Å². The van der Waals surface area contributed by atoms with Crippen molar-refractivity contribution in [3.63, 3.8) is 0 Å². The van der Waals surface area contributed by atoms with Crippen LogP contribution >= 0.6 is 0 Å². The Morgan fingerprint density at radius 1 is 1.33 bits per heavy atom. The molecule has 3 aliphatic rings. The maximum absolute atomic E-state index is 13.1. The fourth-order valence-corrected chi connectivity index (χ4v) is 4.79. The van der Waals surface area contributed by atoms with Crippen molar-refractivity contribution in [3.05, 3.63) is 11.3 Å². The highest BCUT2D eigenvalue weighted by Gasteiger charge is 2.57. The number of rotatable bonds is 8. The Hall–Kier alpha value is -1.89. The maximum Gasteiger partial charge on any atom is 0.318 e. The summed E-state index contributed by atoms with van der Waals surface area (Å²) in [6.07, 6.45) is 4.62. The van der Waals surface area contributed by atoms with E-state index in [9.17, 15) is 14.4 Å². The molecule has 1 N–H and O–H groups in total. The summed E-state index contributed by atoms with van der Waals surface area (Å²) in [7, 11) is 1.62. The lowest BCUT2D eigenvalue weighted by Gasteiger charge is -2.45. The lowest BCUT2D eigenvalue weighted by atomic mass is 9.71. The fraction of sp³-hybridized carbons (Fsp3) is 0.750. The average Bonchev–Trinajstić information content (AvgIpc) is 3.04. The summed E-state index contributed by atoms with van der Waals surface area (Å²) in [5.41, 5.74) is 1.37. The molecule has 150 valence electrons. The van der Waals surface area contributed by atoms with E-state index in [-0.39, 0.29) is 24.2 Å². The van der Waals surface area contributed by atoms with E-state index in [0.29, 0.717) is 39.1 Å². The highest BCUT2D eigenvalue weighted by molar-refractivity contribution is 5.93. The van der Waals surface area contributed by atoms with Crippen LogP contribution in [0.25, 0.3) is 0 Å². The van der Waals surface area contributed by atoms with E-state index in [4.69, 9.17) is 9.47 Å². The molecule has 0 unspecified atom stereocenters. The molecule has 1 aliphatic carbocycles. The lowest BCUT2D eigenvalue weighted by Crippen LogP contribution is -2.53. The zero-order valence-electron chi connectivity index (χ0n) is 16.3. The molecule has 3 rings (SSSR count). The van der Waals surface area contributed by atoms with Crippen LogP contribution in [0, 0.1) is 11.3 Å². The van der Waals surface area contributed by atoms with E-state index < -0.39 is 11.3 Å². The first-order valence-electron chi connectivity index (χ1n) is 10.00. The van der Waals surface area contributed by atoms with Crippen molar-refractivity contribution < 1.29 is 23.9 Å². The second kappa shape index (κ2) is 8.42. The summed E-state index contributed by atoms with van der Waals surface area (Å²) in [5, 5.41) is 2.85. The van der Waals surface area contributed by atoms with E-state index in [2.05, 4.69) is 5.32 Å². The minimum Gasteiger partial charge on any atom is -0.465 e. The monoisotopic (exact) mass is 378 g/mol. The molecule has 2 atom stereocenters. The summed E-state index contributed by atoms with van der Waals surface area (Å²) >= 11 is 0. The van der Waals surface area contributed by atoms with Gasteiger partial charge >= 0.3 is 5.97 Å². The molecule has 7 nitrogen and oxygen atoms in total. The molecule has 1 saturated heterocycles. The van der Waals surface area contributed by atoms with Crippen molar-refractivity contribution in [2.45, 2.75) is 51.9 Å². The van der Waals surface area contributed by atoms with Gasteiger partial charge in [-0.1, -0.05) is 0 Å². The average molecular weight is 378 g/mol. The van der Waals surface area contributed by atoms with Crippen LogP contribution in [-0.4, -0.2) is 56.1 Å². The van der Waals surface area contributed by atoms with Gasteiger partial charge in [0.15, 0.2) is 0 Å². The number of amides is 2. The van der Waals surface area contributed by atoms with E-state index in [1.54, 1.807) is 18.9 Å². The van der Waals surface area contributed by atoms with Gasteiger partial charge in [0.05, 0.1) is 6.61 Å². The molecule has 0 aromatic carbocycles. The Balaban J connectivity index is 1.77. The van der Waals surface area contributed by atoms with Gasteiger partial charge in [0, 0.05) is 44.8 Å². The van der Waals surface area contributed by atoms with Gasteiger partial charge in [-0.2, -0.15) is 0 Å². The van der Waals surface area contributed by atoms with Crippen molar-refractivity contribution in [1.82, 2.24) is 10.2 Å². The van der Waals surface area contributed by atoms with Gasteiger partial charge in [-0.3, -0.25) is 14.4 Å². The first-order valence-corrected chi connectivity index (χ1v) is 10.00. The fourth-order valence-electron chi connectivity index (χ4n) is 4.79. The van der Waals surface area contributed by atoms with Crippen LogP contribution in [0.3, 0.4) is 0 Å². The van der Waals surface area contributed by atoms with Crippen LogP contribution in [0.4, 0.5) is 0 Å². The van der Waals surface area contributed by atoms with Crippen LogP contribution in [0.15, 0.2) is 11.3 Å². The van der Waals surface area contributed by atoms with E-state index >= 15 is 0 Å². The number of carbonyl (C=O) groups is 3. The number of ether oxygens (including phenoxy) is 2. The Labute approximate surface area is 160 Å². The highest BCUT2D eigenvalue weighted by Crippen LogP contribution is 2.55. The van der Waals surface area contributed by atoms with Crippen LogP contribution in [0.5, 0.6) is 0 Å². The number of allylic oxidation sites excluding steroid dienone is 1. The Morgan fingerprint density at radius 2 is 2.15 bits per heavy atom. The molecule has 0 spiro atoms. The van der Waals surface area contributed by atoms with Crippen molar-refractivity contribution in [2.75, 3.05) is 33.4 Å². The SMILES string of the molecule is CCOC(=O)[C@@]12CCC3=C1N(CCC3)C(=O)[C@H](CC(=O)NCCCOC)C2. The molecule has 0 saturated carbocycles. The third-order valence-corrected chi connectivity index (χ3v) is 5.93. The topological polar surface area (TPSA) is 84.9 Å². The van der Waals surface area contributed by atoms with Gasteiger partial charge in [0.2, 0.25) is 11.8 Å². The summed E-state index contributed by atoms with van der Waals surface area (Å²) < 4.78 is 10.4. The molecule has 0 aromatic heterocycles. The summed E-state index contributed by atoms with van der Waals surface area (Å²) in [6, 6.07) is 0. The quantitative estimate of drug-likeness (QED) is 0.514. The molecule has 0 bridgehead atoms. The molecule has 2 amide bonds. The van der Waals surface area contributed by atoms with Gasteiger partial charge in [-0.05, 0) is 51.0 Å². The van der Waals surface area contributed by atoms with Gasteiger partial charge in [0.1, 0.15) is 5.41 Å². The number of nitrogens with zero attached hydrogens (tertiary/aromatic N) is 1. The molecule has 7 heteroatoms. The van der Waals surface area contributed by atoms with E-state index in [0.717, 1.165) is 31.4 Å². The third-order valence-electron chi connectivity index (χ3n) is 5.93. The Kier molecular flexibility index (Phi) is 6.19. The number of nitrogens with one attached hydrogen (secondary N) is 1. The Bertz CT molecular complexity index is 644. The molecule has 1 fully saturated rings. The first kappa shape index (κ1) is 19.9. The number of methoxy groups -OCH3 is 1. The summed E-state index contributed by atoms with van der Waals surface area (Å²) in [6.45, 7) is 3.86. The predicted molar refractivity (Wildman–Crippen MR) is 98.5 cm³/mol. The number of hydrogen-bond donors (Lipinski definition) is 1. The normalized spacial score (nSPS) is 26.8. The van der Waals surface area contributed by atoms with Crippen molar-refractivity contribution in [3.8, 4) is 0 Å². The zero-order valence-corrected chi connectivity index (χ0v) is 16.3.